The Bertz CT molecular complexity index is 886. The first-order valence-electron chi connectivity index (χ1n) is 8.64. The summed E-state index contributed by atoms with van der Waals surface area (Å²) in [5.41, 5.74) is 2.90. The molecule has 1 heterocycles. The van der Waals surface area contributed by atoms with Gasteiger partial charge in [0.25, 0.3) is 0 Å². The molecule has 134 valence electrons. The number of anilines is 1. The molecule has 1 aliphatic heterocycles. The average Bonchev–Trinajstić information content (AvgIpc) is 3.45. The summed E-state index contributed by atoms with van der Waals surface area (Å²) < 4.78 is 13.2. The van der Waals surface area contributed by atoms with Crippen molar-refractivity contribution < 1.29 is 14.0 Å². The summed E-state index contributed by atoms with van der Waals surface area (Å²) in [4.78, 5) is 26.9. The lowest BCUT2D eigenvalue weighted by Crippen LogP contribution is -2.37. The molecule has 6 heteroatoms. The van der Waals surface area contributed by atoms with Crippen molar-refractivity contribution in [2.75, 3.05) is 11.9 Å². The van der Waals surface area contributed by atoms with Crippen LogP contribution in [0.2, 0.25) is 5.02 Å². The number of halogens is 2. The lowest BCUT2D eigenvalue weighted by atomic mass is 9.99. The molecule has 4 nitrogen and oxygen atoms in total. The van der Waals surface area contributed by atoms with Crippen LogP contribution in [-0.2, 0) is 22.6 Å². The smallest absolute Gasteiger partial charge is 0.228 e. The molecule has 4 rings (SSSR count). The van der Waals surface area contributed by atoms with Crippen molar-refractivity contribution in [3.8, 4) is 0 Å². The summed E-state index contributed by atoms with van der Waals surface area (Å²) in [6.07, 6.45) is 1.40. The van der Waals surface area contributed by atoms with Crippen molar-refractivity contribution in [3.63, 3.8) is 0 Å². The molecule has 0 spiro atoms. The van der Waals surface area contributed by atoms with E-state index in [4.69, 9.17) is 11.6 Å². The molecule has 0 radical (unpaired) electrons. The van der Waals surface area contributed by atoms with Crippen molar-refractivity contribution in [2.24, 2.45) is 11.8 Å². The van der Waals surface area contributed by atoms with Crippen LogP contribution in [0.4, 0.5) is 10.1 Å². The predicted octanol–water partition coefficient (Wildman–Crippen LogP) is 3.64. The Morgan fingerprint density at radius 3 is 2.65 bits per heavy atom. The number of hydrogen-bond donors (Lipinski definition) is 1. The lowest BCUT2D eigenvalue weighted by molar-refractivity contribution is -0.135. The third-order valence-electron chi connectivity index (χ3n) is 5.07. The highest BCUT2D eigenvalue weighted by Crippen LogP contribution is 2.41. The molecule has 2 atom stereocenters. The molecule has 1 N–H and O–H groups in total. The van der Waals surface area contributed by atoms with Gasteiger partial charge in [-0.25, -0.2) is 4.39 Å². The maximum absolute atomic E-state index is 13.2. The van der Waals surface area contributed by atoms with E-state index in [1.807, 2.05) is 23.1 Å². The molecule has 0 aromatic heterocycles. The lowest BCUT2D eigenvalue weighted by Gasteiger charge is -2.29. The SMILES string of the molecule is O=C(Nc1ccc(F)c(Cl)c1)C1CC1C(=O)N1CCc2ccccc2C1. The largest absolute Gasteiger partial charge is 0.338 e. The minimum absolute atomic E-state index is 0.0387. The maximum Gasteiger partial charge on any atom is 0.228 e. The zero-order valence-electron chi connectivity index (χ0n) is 14.0. The number of benzene rings is 2. The first-order valence-corrected chi connectivity index (χ1v) is 9.02. The standard InChI is InChI=1S/C20H18ClFN2O2/c21-17-9-14(5-6-18(17)22)23-19(25)15-10-16(15)20(26)24-8-7-12-3-1-2-4-13(12)11-24/h1-6,9,15-16H,7-8,10-11H2,(H,23,25). The van der Waals surface area contributed by atoms with Crippen LogP contribution in [0.1, 0.15) is 17.5 Å². The van der Waals surface area contributed by atoms with Gasteiger partial charge in [-0.2, -0.15) is 0 Å². The predicted molar refractivity (Wildman–Crippen MR) is 97.2 cm³/mol. The van der Waals surface area contributed by atoms with Crippen molar-refractivity contribution in [1.82, 2.24) is 4.90 Å². The van der Waals surface area contributed by atoms with Crippen molar-refractivity contribution in [2.45, 2.75) is 19.4 Å². The fraction of sp³-hybridized carbons (Fsp3) is 0.300. The first-order chi connectivity index (χ1) is 12.5. The van der Waals surface area contributed by atoms with Gasteiger partial charge in [0.15, 0.2) is 0 Å². The molecule has 1 aliphatic carbocycles. The van der Waals surface area contributed by atoms with Crippen LogP contribution in [0.3, 0.4) is 0 Å². The molecule has 1 fully saturated rings. The van der Waals surface area contributed by atoms with Crippen LogP contribution in [-0.4, -0.2) is 23.3 Å². The van der Waals surface area contributed by atoms with E-state index in [0.717, 1.165) is 6.42 Å². The summed E-state index contributed by atoms with van der Waals surface area (Å²) in [6, 6.07) is 12.2. The second-order valence-electron chi connectivity index (χ2n) is 6.85. The van der Waals surface area contributed by atoms with Gasteiger partial charge in [-0.3, -0.25) is 9.59 Å². The zero-order valence-corrected chi connectivity index (χ0v) is 14.8. The molecular formula is C20H18ClFN2O2. The molecule has 0 saturated heterocycles. The Kier molecular flexibility index (Phi) is 4.41. The highest BCUT2D eigenvalue weighted by molar-refractivity contribution is 6.31. The number of nitrogens with one attached hydrogen (secondary N) is 1. The molecule has 1 saturated carbocycles. The Balaban J connectivity index is 1.36. The van der Waals surface area contributed by atoms with Crippen LogP contribution in [0.15, 0.2) is 42.5 Å². The van der Waals surface area contributed by atoms with Crippen LogP contribution in [0, 0.1) is 17.7 Å². The quantitative estimate of drug-likeness (QED) is 0.894. The topological polar surface area (TPSA) is 49.4 Å². The van der Waals surface area contributed by atoms with Gasteiger partial charge < -0.3 is 10.2 Å². The first kappa shape index (κ1) is 17.0. The van der Waals surface area contributed by atoms with Crippen molar-refractivity contribution in [1.29, 1.82) is 0 Å². The maximum atomic E-state index is 13.2. The molecule has 0 bridgehead atoms. The normalized spacial score (nSPS) is 21.1. The summed E-state index contributed by atoms with van der Waals surface area (Å²) >= 11 is 5.73. The molecular weight excluding hydrogens is 355 g/mol. The van der Waals surface area contributed by atoms with Gasteiger partial charge >= 0.3 is 0 Å². The number of amides is 2. The van der Waals surface area contributed by atoms with E-state index >= 15 is 0 Å². The van der Waals surface area contributed by atoms with Gasteiger partial charge in [-0.05, 0) is 42.2 Å². The number of carbonyl (C=O) groups excluding carboxylic acids is 2. The highest BCUT2D eigenvalue weighted by Gasteiger charge is 2.49. The van der Waals surface area contributed by atoms with Crippen molar-refractivity contribution in [3.05, 3.63) is 64.4 Å². The molecule has 2 aromatic rings. The second-order valence-corrected chi connectivity index (χ2v) is 7.25. The van der Waals surface area contributed by atoms with Gasteiger partial charge in [-0.1, -0.05) is 35.9 Å². The summed E-state index contributed by atoms with van der Waals surface area (Å²) in [5, 5.41) is 2.67. The number of nitrogens with zero attached hydrogens (tertiary/aromatic N) is 1. The molecule has 2 unspecified atom stereocenters. The fourth-order valence-electron chi connectivity index (χ4n) is 3.48. The number of rotatable bonds is 3. The fourth-order valence-corrected chi connectivity index (χ4v) is 3.67. The van der Waals surface area contributed by atoms with Crippen LogP contribution in [0.25, 0.3) is 0 Å². The molecule has 2 amide bonds. The van der Waals surface area contributed by atoms with Crippen LogP contribution < -0.4 is 5.32 Å². The Morgan fingerprint density at radius 2 is 1.88 bits per heavy atom. The highest BCUT2D eigenvalue weighted by atomic mass is 35.5. The third-order valence-corrected chi connectivity index (χ3v) is 5.36. The van der Waals surface area contributed by atoms with E-state index in [9.17, 15) is 14.0 Å². The van der Waals surface area contributed by atoms with E-state index < -0.39 is 5.82 Å². The Hall–Kier alpha value is -2.40. The van der Waals surface area contributed by atoms with Gasteiger partial charge in [0.2, 0.25) is 11.8 Å². The van der Waals surface area contributed by atoms with Gasteiger partial charge in [0.1, 0.15) is 5.82 Å². The monoisotopic (exact) mass is 372 g/mol. The van der Waals surface area contributed by atoms with Crippen LogP contribution in [0.5, 0.6) is 0 Å². The van der Waals surface area contributed by atoms with E-state index in [2.05, 4.69) is 11.4 Å². The van der Waals surface area contributed by atoms with E-state index in [-0.39, 0.29) is 28.7 Å². The summed E-state index contributed by atoms with van der Waals surface area (Å²) in [5.74, 6) is -1.31. The molecule has 26 heavy (non-hydrogen) atoms. The van der Waals surface area contributed by atoms with Crippen molar-refractivity contribution >= 4 is 29.1 Å². The minimum Gasteiger partial charge on any atom is -0.338 e. The zero-order chi connectivity index (χ0) is 18.3. The average molecular weight is 373 g/mol. The second kappa shape index (κ2) is 6.72. The van der Waals surface area contributed by atoms with Gasteiger partial charge in [0.05, 0.1) is 16.9 Å². The summed E-state index contributed by atoms with van der Waals surface area (Å²) in [6.45, 7) is 1.29. The van der Waals surface area contributed by atoms with Gasteiger partial charge in [-0.15, -0.1) is 0 Å². The van der Waals surface area contributed by atoms with Gasteiger partial charge in [0, 0.05) is 18.8 Å². The number of fused-ring (bicyclic) bond motifs is 1. The number of hydrogen-bond acceptors (Lipinski definition) is 2. The minimum atomic E-state index is -0.533. The Labute approximate surface area is 155 Å². The van der Waals surface area contributed by atoms with E-state index in [1.54, 1.807) is 0 Å². The van der Waals surface area contributed by atoms with E-state index in [1.165, 1.54) is 29.3 Å². The van der Waals surface area contributed by atoms with E-state index in [0.29, 0.717) is 25.2 Å². The third kappa shape index (κ3) is 3.31. The molecule has 2 aromatic carbocycles. The van der Waals surface area contributed by atoms with Crippen LogP contribution >= 0.6 is 11.6 Å². The molecule has 2 aliphatic rings. The Morgan fingerprint density at radius 1 is 1.12 bits per heavy atom. The summed E-state index contributed by atoms with van der Waals surface area (Å²) in [7, 11) is 0. The number of carbonyl (C=O) groups is 2.